The van der Waals surface area contributed by atoms with Crippen LogP contribution in [-0.2, 0) is 16.1 Å². The van der Waals surface area contributed by atoms with Crippen LogP contribution in [0.2, 0.25) is 0 Å². The first-order chi connectivity index (χ1) is 14.7. The van der Waals surface area contributed by atoms with E-state index >= 15 is 0 Å². The molecule has 0 aromatic heterocycles. The van der Waals surface area contributed by atoms with Crippen LogP contribution in [0, 0.1) is 11.8 Å². The Hall–Kier alpha value is -2.08. The third kappa shape index (κ3) is 7.01. The summed E-state index contributed by atoms with van der Waals surface area (Å²) in [5.74, 6) is 2.32. The standard InChI is InChI=1S/C24H38N4O2/c1-3-25-24(26-13-11-23(29)27-14-7-8-20(2)16-27)28-15-12-22(17-28)19-30-18-21-9-5-4-6-10-21/h4-6,9-10,20,22H,3,7-8,11-19H2,1-2H3,(H,25,26). The largest absolute Gasteiger partial charge is 0.376 e. The third-order valence-corrected chi connectivity index (χ3v) is 5.98. The molecule has 1 amide bonds. The van der Waals surface area contributed by atoms with Crippen LogP contribution in [0.1, 0.15) is 45.1 Å². The lowest BCUT2D eigenvalue weighted by molar-refractivity contribution is -0.132. The molecular weight excluding hydrogens is 376 g/mol. The highest BCUT2D eigenvalue weighted by Crippen LogP contribution is 2.18. The Bertz CT molecular complexity index is 679. The Morgan fingerprint density at radius 3 is 2.77 bits per heavy atom. The smallest absolute Gasteiger partial charge is 0.224 e. The summed E-state index contributed by atoms with van der Waals surface area (Å²) >= 11 is 0. The molecule has 0 radical (unpaired) electrons. The second-order valence-corrected chi connectivity index (χ2v) is 8.67. The van der Waals surface area contributed by atoms with Crippen LogP contribution in [-0.4, -0.2) is 67.5 Å². The Morgan fingerprint density at radius 1 is 1.17 bits per heavy atom. The van der Waals surface area contributed by atoms with Gasteiger partial charge >= 0.3 is 0 Å². The molecular formula is C24H38N4O2. The number of nitrogens with one attached hydrogen (secondary N) is 1. The van der Waals surface area contributed by atoms with E-state index in [0.29, 0.717) is 31.4 Å². The lowest BCUT2D eigenvalue weighted by atomic mass is 10.00. The number of benzene rings is 1. The highest BCUT2D eigenvalue weighted by molar-refractivity contribution is 5.81. The SMILES string of the molecule is CCNC(=NCCC(=O)N1CCCC(C)C1)N1CCC(COCc2ccccc2)C1. The molecule has 0 saturated carbocycles. The van der Waals surface area contributed by atoms with Gasteiger partial charge in [-0.2, -0.15) is 0 Å². The first-order valence-corrected chi connectivity index (χ1v) is 11.6. The summed E-state index contributed by atoms with van der Waals surface area (Å²) in [4.78, 5) is 21.6. The van der Waals surface area contributed by atoms with Crippen molar-refractivity contribution in [2.75, 3.05) is 45.9 Å². The topological polar surface area (TPSA) is 57.2 Å². The van der Waals surface area contributed by atoms with Gasteiger partial charge in [0.2, 0.25) is 5.91 Å². The van der Waals surface area contributed by atoms with Crippen LogP contribution in [0.3, 0.4) is 0 Å². The fourth-order valence-electron chi connectivity index (χ4n) is 4.34. The second kappa shape index (κ2) is 11.9. The fourth-order valence-corrected chi connectivity index (χ4v) is 4.34. The molecule has 166 valence electrons. The quantitative estimate of drug-likeness (QED) is 0.524. The van der Waals surface area contributed by atoms with Crippen LogP contribution < -0.4 is 5.32 Å². The van der Waals surface area contributed by atoms with Gasteiger partial charge in [-0.15, -0.1) is 0 Å². The van der Waals surface area contributed by atoms with Crippen molar-refractivity contribution in [3.05, 3.63) is 35.9 Å². The van der Waals surface area contributed by atoms with E-state index in [1.807, 2.05) is 23.1 Å². The minimum absolute atomic E-state index is 0.245. The molecule has 0 spiro atoms. The summed E-state index contributed by atoms with van der Waals surface area (Å²) < 4.78 is 5.94. The number of guanidine groups is 1. The summed E-state index contributed by atoms with van der Waals surface area (Å²) in [7, 11) is 0. The van der Waals surface area contributed by atoms with Crippen molar-refractivity contribution in [2.45, 2.75) is 46.1 Å². The molecule has 2 aliphatic heterocycles. The number of carbonyl (C=O) groups is 1. The number of likely N-dealkylation sites (tertiary alicyclic amines) is 2. The van der Waals surface area contributed by atoms with Gasteiger partial charge in [-0.25, -0.2) is 0 Å². The summed E-state index contributed by atoms with van der Waals surface area (Å²) in [6.07, 6.45) is 3.97. The van der Waals surface area contributed by atoms with Crippen LogP contribution in [0.4, 0.5) is 0 Å². The molecule has 1 aromatic rings. The maximum atomic E-state index is 12.5. The zero-order valence-corrected chi connectivity index (χ0v) is 18.7. The minimum atomic E-state index is 0.245. The number of ether oxygens (including phenoxy) is 1. The number of aliphatic imine (C=N–C) groups is 1. The molecule has 6 heteroatoms. The van der Waals surface area contributed by atoms with E-state index < -0.39 is 0 Å². The van der Waals surface area contributed by atoms with Crippen LogP contribution in [0.25, 0.3) is 0 Å². The minimum Gasteiger partial charge on any atom is -0.376 e. The number of rotatable bonds is 8. The van der Waals surface area contributed by atoms with Crippen LogP contribution >= 0.6 is 0 Å². The van der Waals surface area contributed by atoms with Gasteiger partial charge < -0.3 is 19.9 Å². The van der Waals surface area contributed by atoms with Gasteiger partial charge in [-0.05, 0) is 37.7 Å². The number of carbonyl (C=O) groups excluding carboxylic acids is 1. The van der Waals surface area contributed by atoms with Gasteiger partial charge in [-0.1, -0.05) is 37.3 Å². The van der Waals surface area contributed by atoms with Crippen molar-refractivity contribution in [2.24, 2.45) is 16.8 Å². The van der Waals surface area contributed by atoms with Crippen LogP contribution in [0.5, 0.6) is 0 Å². The molecule has 3 rings (SSSR count). The number of hydrogen-bond donors (Lipinski definition) is 1. The van der Waals surface area contributed by atoms with Gasteiger partial charge in [-0.3, -0.25) is 9.79 Å². The third-order valence-electron chi connectivity index (χ3n) is 5.98. The number of amides is 1. The first-order valence-electron chi connectivity index (χ1n) is 11.6. The predicted molar refractivity (Wildman–Crippen MR) is 121 cm³/mol. The molecule has 0 aliphatic carbocycles. The molecule has 2 saturated heterocycles. The molecule has 0 bridgehead atoms. The van der Waals surface area contributed by atoms with Crippen molar-refractivity contribution >= 4 is 11.9 Å². The monoisotopic (exact) mass is 414 g/mol. The molecule has 2 aliphatic rings. The van der Waals surface area contributed by atoms with Crippen molar-refractivity contribution in [3.8, 4) is 0 Å². The van der Waals surface area contributed by atoms with E-state index in [0.717, 1.165) is 58.1 Å². The summed E-state index contributed by atoms with van der Waals surface area (Å²) in [5, 5.41) is 3.40. The van der Waals surface area contributed by atoms with Crippen molar-refractivity contribution in [3.63, 3.8) is 0 Å². The zero-order chi connectivity index (χ0) is 21.2. The maximum absolute atomic E-state index is 12.5. The Morgan fingerprint density at radius 2 is 2.00 bits per heavy atom. The van der Waals surface area contributed by atoms with Crippen LogP contribution in [0.15, 0.2) is 35.3 Å². The summed E-state index contributed by atoms with van der Waals surface area (Å²) in [5.41, 5.74) is 1.22. The lowest BCUT2D eigenvalue weighted by Crippen LogP contribution is -2.41. The summed E-state index contributed by atoms with van der Waals surface area (Å²) in [6, 6.07) is 10.3. The molecule has 1 N–H and O–H groups in total. The molecule has 1 aromatic carbocycles. The van der Waals surface area contributed by atoms with Crippen molar-refractivity contribution in [1.29, 1.82) is 0 Å². The highest BCUT2D eigenvalue weighted by atomic mass is 16.5. The average molecular weight is 415 g/mol. The molecule has 30 heavy (non-hydrogen) atoms. The highest BCUT2D eigenvalue weighted by Gasteiger charge is 2.25. The zero-order valence-electron chi connectivity index (χ0n) is 18.7. The van der Waals surface area contributed by atoms with E-state index in [-0.39, 0.29) is 5.91 Å². The Balaban J connectivity index is 1.42. The first kappa shape index (κ1) is 22.6. The van der Waals surface area contributed by atoms with Gasteiger partial charge in [0.15, 0.2) is 5.96 Å². The van der Waals surface area contributed by atoms with Gasteiger partial charge in [0.25, 0.3) is 0 Å². The normalized spacial score (nSPS) is 22.4. The lowest BCUT2D eigenvalue weighted by Gasteiger charge is -2.31. The average Bonchev–Trinajstić information content (AvgIpc) is 3.22. The van der Waals surface area contributed by atoms with Crippen molar-refractivity contribution < 1.29 is 9.53 Å². The molecule has 2 atom stereocenters. The molecule has 6 nitrogen and oxygen atoms in total. The van der Waals surface area contributed by atoms with Gasteiger partial charge in [0.05, 0.1) is 19.8 Å². The fraction of sp³-hybridized carbons (Fsp3) is 0.667. The number of nitrogens with zero attached hydrogens (tertiary/aromatic N) is 3. The van der Waals surface area contributed by atoms with E-state index in [9.17, 15) is 4.79 Å². The van der Waals surface area contributed by atoms with E-state index in [4.69, 9.17) is 9.73 Å². The second-order valence-electron chi connectivity index (χ2n) is 8.67. The Kier molecular flexibility index (Phi) is 9.00. The van der Waals surface area contributed by atoms with Gasteiger partial charge in [0, 0.05) is 45.1 Å². The van der Waals surface area contributed by atoms with Crippen molar-refractivity contribution in [1.82, 2.24) is 15.1 Å². The van der Waals surface area contributed by atoms with Gasteiger partial charge in [0.1, 0.15) is 0 Å². The van der Waals surface area contributed by atoms with E-state index in [1.165, 1.54) is 12.0 Å². The molecule has 2 unspecified atom stereocenters. The van der Waals surface area contributed by atoms with E-state index in [1.54, 1.807) is 0 Å². The molecule has 2 fully saturated rings. The molecule has 2 heterocycles. The number of hydrogen-bond acceptors (Lipinski definition) is 3. The number of piperidine rings is 1. The van der Waals surface area contributed by atoms with E-state index in [2.05, 4.69) is 36.2 Å². The maximum Gasteiger partial charge on any atom is 0.224 e. The summed E-state index contributed by atoms with van der Waals surface area (Å²) in [6.45, 7) is 10.9. The predicted octanol–water partition coefficient (Wildman–Crippen LogP) is 3.14. The Labute approximate surface area is 181 Å².